The van der Waals surface area contributed by atoms with Crippen LogP contribution < -0.4 is 10.6 Å². The summed E-state index contributed by atoms with van der Waals surface area (Å²) in [6, 6.07) is 8.13. The van der Waals surface area contributed by atoms with E-state index >= 15 is 0 Å². The number of rotatable bonds is 3. The van der Waals surface area contributed by atoms with Gasteiger partial charge in [0.2, 0.25) is 0 Å². The SMILES string of the molecule is Cc1cccc(C(=O)NCC2CCCN2)c1. The number of hydrogen-bond donors (Lipinski definition) is 2. The van der Waals surface area contributed by atoms with E-state index in [-0.39, 0.29) is 5.91 Å². The smallest absolute Gasteiger partial charge is 0.251 e. The van der Waals surface area contributed by atoms with E-state index < -0.39 is 0 Å². The number of nitrogens with one attached hydrogen (secondary N) is 2. The van der Waals surface area contributed by atoms with Gasteiger partial charge in [-0.15, -0.1) is 0 Å². The van der Waals surface area contributed by atoms with Crippen LogP contribution in [0.1, 0.15) is 28.8 Å². The first kappa shape index (κ1) is 11.1. The van der Waals surface area contributed by atoms with E-state index in [9.17, 15) is 4.79 Å². The van der Waals surface area contributed by atoms with Crippen molar-refractivity contribution in [1.82, 2.24) is 10.6 Å². The molecule has 1 atom stereocenters. The standard InChI is InChI=1S/C13H18N2O/c1-10-4-2-5-11(8-10)13(16)15-9-12-6-3-7-14-12/h2,4-5,8,12,14H,3,6-7,9H2,1H3,(H,15,16). The molecule has 1 saturated heterocycles. The summed E-state index contributed by atoms with van der Waals surface area (Å²) >= 11 is 0. The van der Waals surface area contributed by atoms with Crippen LogP contribution in [0.15, 0.2) is 24.3 Å². The number of benzene rings is 1. The lowest BCUT2D eigenvalue weighted by Gasteiger charge is -2.11. The first-order valence-electron chi connectivity index (χ1n) is 5.84. The molecule has 0 radical (unpaired) electrons. The fourth-order valence-corrected chi connectivity index (χ4v) is 2.04. The number of amides is 1. The third kappa shape index (κ3) is 2.83. The van der Waals surface area contributed by atoms with Gasteiger partial charge in [0.05, 0.1) is 0 Å². The van der Waals surface area contributed by atoms with Crippen LogP contribution in [0.5, 0.6) is 0 Å². The van der Waals surface area contributed by atoms with Gasteiger partial charge in [-0.25, -0.2) is 0 Å². The Morgan fingerprint density at radius 3 is 3.12 bits per heavy atom. The molecule has 16 heavy (non-hydrogen) atoms. The van der Waals surface area contributed by atoms with E-state index in [2.05, 4.69) is 10.6 Å². The third-order valence-corrected chi connectivity index (χ3v) is 2.95. The summed E-state index contributed by atoms with van der Waals surface area (Å²) in [7, 11) is 0. The summed E-state index contributed by atoms with van der Waals surface area (Å²) < 4.78 is 0. The van der Waals surface area contributed by atoms with Gasteiger partial charge < -0.3 is 10.6 Å². The Labute approximate surface area is 96.2 Å². The van der Waals surface area contributed by atoms with Crippen LogP contribution in [0, 0.1) is 6.92 Å². The Morgan fingerprint density at radius 2 is 2.44 bits per heavy atom. The highest BCUT2D eigenvalue weighted by Gasteiger charge is 2.15. The van der Waals surface area contributed by atoms with Crippen molar-refractivity contribution in [2.24, 2.45) is 0 Å². The van der Waals surface area contributed by atoms with Gasteiger partial charge in [-0.05, 0) is 38.4 Å². The second-order valence-electron chi connectivity index (χ2n) is 4.37. The van der Waals surface area contributed by atoms with Gasteiger partial charge >= 0.3 is 0 Å². The van der Waals surface area contributed by atoms with Crippen molar-refractivity contribution in [3.8, 4) is 0 Å². The monoisotopic (exact) mass is 218 g/mol. The molecule has 1 aromatic rings. The normalized spacial score (nSPS) is 19.7. The predicted molar refractivity (Wildman–Crippen MR) is 64.5 cm³/mol. The molecule has 1 aliphatic heterocycles. The van der Waals surface area contributed by atoms with Crippen LogP contribution in [-0.2, 0) is 0 Å². The van der Waals surface area contributed by atoms with Crippen LogP contribution in [0.4, 0.5) is 0 Å². The zero-order valence-electron chi connectivity index (χ0n) is 9.62. The molecule has 0 bridgehead atoms. The highest BCUT2D eigenvalue weighted by molar-refractivity contribution is 5.94. The van der Waals surface area contributed by atoms with Crippen LogP contribution in [0.25, 0.3) is 0 Å². The van der Waals surface area contributed by atoms with E-state index in [1.165, 1.54) is 6.42 Å². The van der Waals surface area contributed by atoms with Crippen molar-refractivity contribution in [1.29, 1.82) is 0 Å². The Kier molecular flexibility index (Phi) is 3.57. The summed E-state index contributed by atoms with van der Waals surface area (Å²) in [6.45, 7) is 3.80. The molecule has 0 aliphatic carbocycles. The lowest BCUT2D eigenvalue weighted by molar-refractivity contribution is 0.0950. The molecule has 2 N–H and O–H groups in total. The minimum Gasteiger partial charge on any atom is -0.350 e. The molecule has 86 valence electrons. The number of carbonyl (C=O) groups excluding carboxylic acids is 1. The largest absolute Gasteiger partial charge is 0.350 e. The van der Waals surface area contributed by atoms with Gasteiger partial charge in [0.25, 0.3) is 5.91 Å². The van der Waals surface area contributed by atoms with Crippen molar-refractivity contribution in [2.75, 3.05) is 13.1 Å². The third-order valence-electron chi connectivity index (χ3n) is 2.95. The molecular weight excluding hydrogens is 200 g/mol. The van der Waals surface area contributed by atoms with Gasteiger partial charge in [0, 0.05) is 18.2 Å². The summed E-state index contributed by atoms with van der Waals surface area (Å²) in [5.74, 6) is 0.0254. The molecule has 1 fully saturated rings. The Hall–Kier alpha value is -1.35. The van der Waals surface area contributed by atoms with Gasteiger partial charge in [-0.1, -0.05) is 17.7 Å². The minimum atomic E-state index is 0.0254. The van der Waals surface area contributed by atoms with Crippen LogP contribution in [0.3, 0.4) is 0 Å². The lowest BCUT2D eigenvalue weighted by atomic mass is 10.1. The topological polar surface area (TPSA) is 41.1 Å². The van der Waals surface area contributed by atoms with Crippen molar-refractivity contribution < 1.29 is 4.79 Å². The van der Waals surface area contributed by atoms with E-state index in [4.69, 9.17) is 0 Å². The first-order valence-corrected chi connectivity index (χ1v) is 5.84. The maximum Gasteiger partial charge on any atom is 0.251 e. The predicted octanol–water partition coefficient (Wildman–Crippen LogP) is 1.48. The summed E-state index contributed by atoms with van der Waals surface area (Å²) in [6.07, 6.45) is 2.37. The van der Waals surface area contributed by atoms with E-state index in [1.54, 1.807) is 0 Å². The highest BCUT2D eigenvalue weighted by Crippen LogP contribution is 2.05. The van der Waals surface area contributed by atoms with Gasteiger partial charge in [-0.3, -0.25) is 4.79 Å². The summed E-state index contributed by atoms with van der Waals surface area (Å²) in [5.41, 5.74) is 1.87. The molecule has 1 amide bonds. The Bertz CT molecular complexity index is 370. The molecule has 1 aliphatic rings. The molecule has 1 aromatic carbocycles. The van der Waals surface area contributed by atoms with E-state index in [1.807, 2.05) is 31.2 Å². The second-order valence-corrected chi connectivity index (χ2v) is 4.37. The quantitative estimate of drug-likeness (QED) is 0.806. The first-order chi connectivity index (χ1) is 7.75. The Morgan fingerprint density at radius 1 is 1.56 bits per heavy atom. The molecule has 3 heteroatoms. The Balaban J connectivity index is 1.87. The fourth-order valence-electron chi connectivity index (χ4n) is 2.04. The van der Waals surface area contributed by atoms with Crippen LogP contribution in [0.2, 0.25) is 0 Å². The number of hydrogen-bond acceptors (Lipinski definition) is 2. The lowest BCUT2D eigenvalue weighted by Crippen LogP contribution is -2.37. The zero-order chi connectivity index (χ0) is 11.4. The maximum atomic E-state index is 11.8. The van der Waals surface area contributed by atoms with Crippen molar-refractivity contribution in [2.45, 2.75) is 25.8 Å². The highest BCUT2D eigenvalue weighted by atomic mass is 16.1. The molecule has 2 rings (SSSR count). The summed E-state index contributed by atoms with van der Waals surface area (Å²) in [5, 5.41) is 6.33. The van der Waals surface area contributed by atoms with Crippen molar-refractivity contribution in [3.05, 3.63) is 35.4 Å². The van der Waals surface area contributed by atoms with E-state index in [0.29, 0.717) is 6.04 Å². The molecule has 3 nitrogen and oxygen atoms in total. The van der Waals surface area contributed by atoms with E-state index in [0.717, 1.165) is 30.6 Å². The maximum absolute atomic E-state index is 11.8. The zero-order valence-corrected chi connectivity index (χ0v) is 9.62. The van der Waals surface area contributed by atoms with Crippen LogP contribution in [-0.4, -0.2) is 25.0 Å². The molecular formula is C13H18N2O. The van der Waals surface area contributed by atoms with Gasteiger partial charge in [0.1, 0.15) is 0 Å². The molecule has 1 unspecified atom stereocenters. The fraction of sp³-hybridized carbons (Fsp3) is 0.462. The van der Waals surface area contributed by atoms with Crippen molar-refractivity contribution >= 4 is 5.91 Å². The number of carbonyl (C=O) groups is 1. The van der Waals surface area contributed by atoms with Gasteiger partial charge in [0.15, 0.2) is 0 Å². The van der Waals surface area contributed by atoms with Crippen LogP contribution >= 0.6 is 0 Å². The minimum absolute atomic E-state index is 0.0254. The molecule has 0 saturated carbocycles. The van der Waals surface area contributed by atoms with Gasteiger partial charge in [-0.2, -0.15) is 0 Å². The number of aryl methyl sites for hydroxylation is 1. The second kappa shape index (κ2) is 5.12. The average Bonchev–Trinajstić information content (AvgIpc) is 2.78. The average molecular weight is 218 g/mol. The van der Waals surface area contributed by atoms with Crippen molar-refractivity contribution in [3.63, 3.8) is 0 Å². The molecule has 0 spiro atoms. The molecule has 0 aromatic heterocycles. The molecule has 1 heterocycles. The summed E-state index contributed by atoms with van der Waals surface area (Å²) in [4.78, 5) is 11.8.